The van der Waals surface area contributed by atoms with Gasteiger partial charge in [0.05, 0.1) is 5.69 Å². The van der Waals surface area contributed by atoms with Crippen molar-refractivity contribution in [3.63, 3.8) is 0 Å². The number of nitrogens with two attached hydrogens (primary N) is 1. The topological polar surface area (TPSA) is 93.8 Å². The molecule has 1 heterocycles. The van der Waals surface area contributed by atoms with Crippen molar-refractivity contribution >= 4 is 5.91 Å². The molecule has 0 aliphatic heterocycles. The van der Waals surface area contributed by atoms with Gasteiger partial charge in [0.1, 0.15) is 0 Å². The van der Waals surface area contributed by atoms with Crippen molar-refractivity contribution in [2.24, 2.45) is 5.73 Å². The van der Waals surface area contributed by atoms with Crippen molar-refractivity contribution in [2.75, 3.05) is 0 Å². The van der Waals surface area contributed by atoms with E-state index in [9.17, 15) is 9.59 Å². The van der Waals surface area contributed by atoms with E-state index in [1.165, 1.54) is 0 Å². The van der Waals surface area contributed by atoms with Gasteiger partial charge in [-0.15, -0.1) is 5.10 Å². The van der Waals surface area contributed by atoms with Crippen LogP contribution in [0, 0.1) is 0 Å². The monoisotopic (exact) mass is 227 g/mol. The van der Waals surface area contributed by atoms with E-state index in [4.69, 9.17) is 5.73 Å². The van der Waals surface area contributed by atoms with E-state index in [2.05, 4.69) is 10.3 Å². The predicted octanol–water partition coefficient (Wildman–Crippen LogP) is -3.34. The summed E-state index contributed by atoms with van der Waals surface area (Å²) in [6.07, 6.45) is 0. The minimum absolute atomic E-state index is 0. The molecule has 0 atom stereocenters. The Kier molecular flexibility index (Phi) is 4.05. The third-order valence-electron chi connectivity index (χ3n) is 1.92. The van der Waals surface area contributed by atoms with Crippen LogP contribution in [0.4, 0.5) is 0 Å². The van der Waals surface area contributed by atoms with Gasteiger partial charge in [-0.3, -0.25) is 9.59 Å². The second-order valence-electron chi connectivity index (χ2n) is 2.90. The van der Waals surface area contributed by atoms with Crippen LogP contribution < -0.4 is 40.9 Å². The number of aromatic nitrogens is 3. The third kappa shape index (κ3) is 2.24. The largest absolute Gasteiger partial charge is 1.00 e. The van der Waals surface area contributed by atoms with Gasteiger partial charge in [0.25, 0.3) is 5.91 Å². The van der Waals surface area contributed by atoms with Crippen LogP contribution in [0.5, 0.6) is 0 Å². The molecule has 0 aliphatic carbocycles. The average molecular weight is 227 g/mol. The molecule has 76 valence electrons. The maximum Gasteiger partial charge on any atom is 1.00 e. The van der Waals surface area contributed by atoms with Gasteiger partial charge in [-0.2, -0.15) is 0 Å². The summed E-state index contributed by atoms with van der Waals surface area (Å²) in [5.41, 5.74) is 4.73. The predicted molar refractivity (Wildman–Crippen MR) is 52.7 cm³/mol. The molecule has 0 bridgehead atoms. The maximum absolute atomic E-state index is 11.6. The molecule has 0 radical (unpaired) electrons. The molecule has 2 rings (SSSR count). The van der Waals surface area contributed by atoms with Gasteiger partial charge in [-0.25, -0.2) is 9.90 Å². The Morgan fingerprint density at radius 2 is 1.94 bits per heavy atom. The number of primary amides is 1. The summed E-state index contributed by atoms with van der Waals surface area (Å²) in [5.74, 6) is -0.842. The van der Waals surface area contributed by atoms with Crippen molar-refractivity contribution in [1.82, 2.24) is 15.0 Å². The Bertz CT molecular complexity index is 546. The fraction of sp³-hybridized carbons (Fsp3) is 0. The Balaban J connectivity index is 0.00000128. The number of hydrogen-bond donors (Lipinski definition) is 2. The van der Waals surface area contributed by atoms with Crippen molar-refractivity contribution in [3.05, 3.63) is 46.4 Å². The molecule has 0 unspecified atom stereocenters. The van der Waals surface area contributed by atoms with Crippen LogP contribution in [0.1, 0.15) is 10.5 Å². The minimum Gasteiger partial charge on any atom is -0.364 e. The number of rotatable bonds is 2. The summed E-state index contributed by atoms with van der Waals surface area (Å²) in [6, 6.07) is 8.79. The van der Waals surface area contributed by atoms with E-state index in [0.717, 1.165) is 4.68 Å². The van der Waals surface area contributed by atoms with Crippen molar-refractivity contribution < 1.29 is 34.4 Å². The van der Waals surface area contributed by atoms with E-state index in [-0.39, 0.29) is 35.3 Å². The zero-order chi connectivity index (χ0) is 10.8. The SMILES string of the molecule is NC(=O)c1n[nH]n(-c2ccccc2)c1=O.[Na+]. The molecule has 1 aromatic heterocycles. The first-order valence-corrected chi connectivity index (χ1v) is 4.23. The van der Waals surface area contributed by atoms with Crippen molar-refractivity contribution in [1.29, 1.82) is 0 Å². The average Bonchev–Trinajstić information content (AvgIpc) is 2.61. The number of hydrogen-bond acceptors (Lipinski definition) is 3. The molecule has 7 heteroatoms. The van der Waals surface area contributed by atoms with E-state index in [0.29, 0.717) is 5.69 Å². The molecule has 0 saturated carbocycles. The van der Waals surface area contributed by atoms with Crippen LogP contribution in [-0.2, 0) is 0 Å². The number of nitrogens with one attached hydrogen (secondary N) is 1. The molecule has 0 fully saturated rings. The first-order valence-electron chi connectivity index (χ1n) is 4.23. The Hall–Kier alpha value is -1.37. The van der Waals surface area contributed by atoms with Crippen LogP contribution in [-0.4, -0.2) is 20.9 Å². The molecule has 3 N–H and O–H groups in total. The van der Waals surface area contributed by atoms with Gasteiger partial charge in [-0.1, -0.05) is 18.2 Å². The number of nitrogens with zero attached hydrogens (tertiary/aromatic N) is 2. The fourth-order valence-electron chi connectivity index (χ4n) is 1.21. The molecule has 2 aromatic rings. The summed E-state index contributed by atoms with van der Waals surface area (Å²) in [7, 11) is 0. The number of carbonyl (C=O) groups excluding carboxylic acids is 1. The van der Waals surface area contributed by atoms with E-state index < -0.39 is 11.5 Å². The number of para-hydroxylation sites is 1. The summed E-state index contributed by atoms with van der Waals surface area (Å²) in [6.45, 7) is 0. The molecule has 0 spiro atoms. The number of aromatic amines is 1. The van der Waals surface area contributed by atoms with Crippen molar-refractivity contribution in [3.8, 4) is 5.69 Å². The molecule has 1 aromatic carbocycles. The fourth-order valence-corrected chi connectivity index (χ4v) is 1.21. The van der Waals surface area contributed by atoms with Crippen LogP contribution in [0.25, 0.3) is 5.69 Å². The molecular weight excluding hydrogens is 219 g/mol. The summed E-state index contributed by atoms with van der Waals surface area (Å²) >= 11 is 0. The first-order chi connectivity index (χ1) is 7.20. The molecular formula is C9H8N4NaO2+. The zero-order valence-electron chi connectivity index (χ0n) is 8.68. The number of amides is 1. The van der Waals surface area contributed by atoms with Gasteiger partial charge < -0.3 is 5.73 Å². The zero-order valence-corrected chi connectivity index (χ0v) is 10.7. The molecule has 1 amide bonds. The summed E-state index contributed by atoms with van der Waals surface area (Å²) in [5, 5.41) is 5.97. The van der Waals surface area contributed by atoms with Crippen LogP contribution in [0.2, 0.25) is 0 Å². The second-order valence-corrected chi connectivity index (χ2v) is 2.90. The Morgan fingerprint density at radius 3 is 2.44 bits per heavy atom. The van der Waals surface area contributed by atoms with Gasteiger partial charge in [0.2, 0.25) is 5.69 Å². The number of carbonyl (C=O) groups is 1. The van der Waals surface area contributed by atoms with Gasteiger partial charge in [0, 0.05) is 0 Å². The Morgan fingerprint density at radius 1 is 1.31 bits per heavy atom. The quantitative estimate of drug-likeness (QED) is 0.525. The summed E-state index contributed by atoms with van der Waals surface area (Å²) < 4.78 is 1.15. The number of benzene rings is 1. The molecule has 0 aliphatic rings. The Labute approximate surface area is 113 Å². The maximum atomic E-state index is 11.6. The molecule has 6 nitrogen and oxygen atoms in total. The van der Waals surface area contributed by atoms with E-state index >= 15 is 0 Å². The second kappa shape index (κ2) is 5.11. The van der Waals surface area contributed by atoms with Gasteiger partial charge in [-0.05, 0) is 12.1 Å². The van der Waals surface area contributed by atoms with Crippen LogP contribution in [0.15, 0.2) is 35.1 Å². The summed E-state index contributed by atoms with van der Waals surface area (Å²) in [4.78, 5) is 22.4. The van der Waals surface area contributed by atoms with Crippen LogP contribution >= 0.6 is 0 Å². The van der Waals surface area contributed by atoms with Crippen LogP contribution in [0.3, 0.4) is 0 Å². The molecule has 0 saturated heterocycles. The normalized spacial score (nSPS) is 9.50. The van der Waals surface area contributed by atoms with Gasteiger partial charge in [0.15, 0.2) is 0 Å². The smallest absolute Gasteiger partial charge is 0.364 e. The van der Waals surface area contributed by atoms with Gasteiger partial charge >= 0.3 is 35.1 Å². The van der Waals surface area contributed by atoms with Crippen molar-refractivity contribution in [2.45, 2.75) is 0 Å². The number of H-pyrrole nitrogens is 1. The third-order valence-corrected chi connectivity index (χ3v) is 1.92. The minimum atomic E-state index is -0.842. The van der Waals surface area contributed by atoms with E-state index in [1.54, 1.807) is 24.3 Å². The standard InChI is InChI=1S/C9H8N4O2.Na/c10-8(14)7-9(15)13(12-11-7)6-4-2-1-3-5-6;/h1-5,12H,(H2,10,14);/q;+1. The van der Waals surface area contributed by atoms with E-state index in [1.807, 2.05) is 6.07 Å². The molecule has 16 heavy (non-hydrogen) atoms. The first kappa shape index (κ1) is 12.7.